The van der Waals surface area contributed by atoms with Crippen molar-refractivity contribution in [3.05, 3.63) is 17.0 Å². The predicted molar refractivity (Wildman–Crippen MR) is 104 cm³/mol. The van der Waals surface area contributed by atoms with Crippen molar-refractivity contribution in [2.45, 2.75) is 65.0 Å². The molecule has 1 aliphatic carbocycles. The maximum Gasteiger partial charge on any atom is 0.237 e. The standard InChI is InChI=1S/C20H33N5O2/c1-14(2)8-10-25-11-9-21-20(27)18(25)12-19(26)24(3)13-17-15-6-4-5-7-16(15)22-23-17/h14,18H,4-13H2,1-3H3,(H,21,27)(H,22,23)/t18-/m1/s1. The fourth-order valence-corrected chi connectivity index (χ4v) is 3.99. The summed E-state index contributed by atoms with van der Waals surface area (Å²) in [7, 11) is 1.81. The van der Waals surface area contributed by atoms with E-state index in [0.29, 0.717) is 19.0 Å². The smallest absolute Gasteiger partial charge is 0.237 e. The number of amides is 2. The number of aromatic nitrogens is 2. The van der Waals surface area contributed by atoms with Crippen LogP contribution in [0.4, 0.5) is 0 Å². The fourth-order valence-electron chi connectivity index (χ4n) is 3.99. The van der Waals surface area contributed by atoms with Gasteiger partial charge in [0.05, 0.1) is 24.7 Å². The van der Waals surface area contributed by atoms with Crippen LogP contribution in [0.25, 0.3) is 0 Å². The van der Waals surface area contributed by atoms with Crippen molar-refractivity contribution >= 4 is 11.8 Å². The van der Waals surface area contributed by atoms with Crippen LogP contribution in [-0.2, 0) is 29.0 Å². The van der Waals surface area contributed by atoms with Crippen LogP contribution in [-0.4, -0.2) is 64.5 Å². The fraction of sp³-hybridized carbons (Fsp3) is 0.750. The predicted octanol–water partition coefficient (Wildman–Crippen LogP) is 1.48. The Morgan fingerprint density at radius 2 is 2.11 bits per heavy atom. The van der Waals surface area contributed by atoms with Crippen LogP contribution in [0, 0.1) is 5.92 Å². The number of piperazine rings is 1. The van der Waals surface area contributed by atoms with Gasteiger partial charge in [0.15, 0.2) is 0 Å². The third kappa shape index (κ3) is 4.89. The van der Waals surface area contributed by atoms with E-state index in [9.17, 15) is 9.59 Å². The van der Waals surface area contributed by atoms with E-state index in [1.807, 2.05) is 7.05 Å². The Labute approximate surface area is 161 Å². The number of rotatable bonds is 7. The molecule has 0 radical (unpaired) electrons. The maximum atomic E-state index is 12.8. The van der Waals surface area contributed by atoms with Crippen LogP contribution in [0.5, 0.6) is 0 Å². The van der Waals surface area contributed by atoms with Gasteiger partial charge in [-0.1, -0.05) is 13.8 Å². The number of nitrogens with zero attached hydrogens (tertiary/aromatic N) is 3. The summed E-state index contributed by atoms with van der Waals surface area (Å²) in [6, 6.07) is -0.361. The lowest BCUT2D eigenvalue weighted by molar-refractivity contribution is -0.138. The first-order valence-corrected chi connectivity index (χ1v) is 10.3. The van der Waals surface area contributed by atoms with Gasteiger partial charge in [-0.15, -0.1) is 0 Å². The monoisotopic (exact) mass is 375 g/mol. The molecular formula is C20H33N5O2. The lowest BCUT2D eigenvalue weighted by Gasteiger charge is -2.35. The summed E-state index contributed by atoms with van der Waals surface area (Å²) in [5.41, 5.74) is 3.49. The summed E-state index contributed by atoms with van der Waals surface area (Å²) >= 11 is 0. The lowest BCUT2D eigenvalue weighted by atomic mass is 9.96. The van der Waals surface area contributed by atoms with Gasteiger partial charge in [0, 0.05) is 25.8 Å². The highest BCUT2D eigenvalue weighted by molar-refractivity contribution is 5.88. The molecule has 0 unspecified atom stereocenters. The normalized spacial score (nSPS) is 20.4. The zero-order chi connectivity index (χ0) is 19.4. The van der Waals surface area contributed by atoms with Gasteiger partial charge in [-0.05, 0) is 50.1 Å². The lowest BCUT2D eigenvalue weighted by Crippen LogP contribution is -2.56. The van der Waals surface area contributed by atoms with Crippen LogP contribution in [0.2, 0.25) is 0 Å². The Bertz CT molecular complexity index is 669. The van der Waals surface area contributed by atoms with Gasteiger partial charge in [0.25, 0.3) is 0 Å². The topological polar surface area (TPSA) is 81.3 Å². The largest absolute Gasteiger partial charge is 0.353 e. The van der Waals surface area contributed by atoms with Gasteiger partial charge in [0.1, 0.15) is 0 Å². The molecule has 7 nitrogen and oxygen atoms in total. The number of carbonyl (C=O) groups is 2. The molecule has 1 fully saturated rings. The Balaban J connectivity index is 1.60. The Hall–Kier alpha value is -1.89. The molecule has 0 saturated carbocycles. The SMILES string of the molecule is CC(C)CCN1CCNC(=O)[C@H]1CC(=O)N(C)Cc1n[nH]c2c1CCCC2. The Morgan fingerprint density at radius 1 is 1.33 bits per heavy atom. The number of hydrogen-bond donors (Lipinski definition) is 2. The van der Waals surface area contributed by atoms with E-state index in [-0.39, 0.29) is 24.3 Å². The van der Waals surface area contributed by atoms with Crippen LogP contribution in [0.3, 0.4) is 0 Å². The Morgan fingerprint density at radius 3 is 2.89 bits per heavy atom. The molecule has 27 heavy (non-hydrogen) atoms. The molecule has 2 heterocycles. The molecule has 1 aliphatic heterocycles. The summed E-state index contributed by atoms with van der Waals surface area (Å²) in [6.07, 6.45) is 5.74. The number of H-pyrrole nitrogens is 1. The van der Waals surface area contributed by atoms with Crippen molar-refractivity contribution in [1.82, 2.24) is 25.3 Å². The molecule has 0 bridgehead atoms. The summed E-state index contributed by atoms with van der Waals surface area (Å²) in [6.45, 7) is 7.21. The van der Waals surface area contributed by atoms with Crippen molar-refractivity contribution < 1.29 is 9.59 Å². The molecule has 1 aromatic heterocycles. The minimum Gasteiger partial charge on any atom is -0.353 e. The summed E-state index contributed by atoms with van der Waals surface area (Å²) < 4.78 is 0. The zero-order valence-electron chi connectivity index (χ0n) is 16.9. The maximum absolute atomic E-state index is 12.8. The first-order valence-electron chi connectivity index (χ1n) is 10.3. The number of fused-ring (bicyclic) bond motifs is 1. The van der Waals surface area contributed by atoms with E-state index < -0.39 is 0 Å². The first-order chi connectivity index (χ1) is 13.0. The van der Waals surface area contributed by atoms with Crippen LogP contribution < -0.4 is 5.32 Å². The van der Waals surface area contributed by atoms with Gasteiger partial charge in [-0.3, -0.25) is 19.6 Å². The minimum absolute atomic E-state index is 0.000781. The van der Waals surface area contributed by atoms with Gasteiger partial charge >= 0.3 is 0 Å². The molecule has 3 rings (SSSR count). The number of carbonyl (C=O) groups excluding carboxylic acids is 2. The molecule has 7 heteroatoms. The average Bonchev–Trinajstić information content (AvgIpc) is 3.05. The molecular weight excluding hydrogens is 342 g/mol. The van der Waals surface area contributed by atoms with E-state index in [1.165, 1.54) is 24.1 Å². The molecule has 2 N–H and O–H groups in total. The van der Waals surface area contributed by atoms with E-state index in [1.54, 1.807) is 4.90 Å². The summed E-state index contributed by atoms with van der Waals surface area (Å²) in [4.78, 5) is 29.1. The number of aryl methyl sites for hydroxylation is 1. The molecule has 1 saturated heterocycles. The van der Waals surface area contributed by atoms with E-state index >= 15 is 0 Å². The number of hydrogen-bond acceptors (Lipinski definition) is 4. The molecule has 2 aliphatic rings. The van der Waals surface area contributed by atoms with Crippen molar-refractivity contribution in [2.75, 3.05) is 26.7 Å². The van der Waals surface area contributed by atoms with Crippen molar-refractivity contribution in [2.24, 2.45) is 5.92 Å². The third-order valence-corrected chi connectivity index (χ3v) is 5.76. The molecule has 1 atom stereocenters. The molecule has 1 aromatic rings. The number of nitrogens with one attached hydrogen (secondary N) is 2. The van der Waals surface area contributed by atoms with E-state index in [2.05, 4.69) is 34.3 Å². The van der Waals surface area contributed by atoms with Crippen LogP contribution in [0.15, 0.2) is 0 Å². The summed E-state index contributed by atoms with van der Waals surface area (Å²) in [5.74, 6) is 0.558. The quantitative estimate of drug-likeness (QED) is 0.756. The van der Waals surface area contributed by atoms with Crippen molar-refractivity contribution in [3.63, 3.8) is 0 Å². The highest BCUT2D eigenvalue weighted by Gasteiger charge is 2.32. The van der Waals surface area contributed by atoms with Crippen molar-refractivity contribution in [3.8, 4) is 0 Å². The third-order valence-electron chi connectivity index (χ3n) is 5.76. The van der Waals surface area contributed by atoms with Gasteiger partial charge < -0.3 is 10.2 Å². The second kappa shape index (κ2) is 8.87. The van der Waals surface area contributed by atoms with E-state index in [0.717, 1.165) is 38.0 Å². The van der Waals surface area contributed by atoms with E-state index in [4.69, 9.17) is 0 Å². The first kappa shape index (κ1) is 19.9. The van der Waals surface area contributed by atoms with Crippen LogP contribution in [0.1, 0.15) is 56.5 Å². The van der Waals surface area contributed by atoms with Gasteiger partial charge in [-0.25, -0.2) is 0 Å². The second-order valence-electron chi connectivity index (χ2n) is 8.31. The highest BCUT2D eigenvalue weighted by Crippen LogP contribution is 2.23. The molecule has 150 valence electrons. The number of aromatic amines is 1. The van der Waals surface area contributed by atoms with Gasteiger partial charge in [-0.2, -0.15) is 5.10 Å². The molecule has 2 amide bonds. The second-order valence-corrected chi connectivity index (χ2v) is 8.31. The van der Waals surface area contributed by atoms with Gasteiger partial charge in [0.2, 0.25) is 11.8 Å². The van der Waals surface area contributed by atoms with Crippen LogP contribution >= 0.6 is 0 Å². The van der Waals surface area contributed by atoms with Crippen molar-refractivity contribution in [1.29, 1.82) is 0 Å². The highest BCUT2D eigenvalue weighted by atomic mass is 16.2. The molecule has 0 aromatic carbocycles. The summed E-state index contributed by atoms with van der Waals surface area (Å²) in [5, 5.41) is 10.5. The average molecular weight is 376 g/mol. The Kier molecular flexibility index (Phi) is 6.52. The molecule has 0 spiro atoms. The minimum atomic E-state index is -0.361. The zero-order valence-corrected chi connectivity index (χ0v) is 16.9.